The van der Waals surface area contributed by atoms with Gasteiger partial charge in [0.1, 0.15) is 11.6 Å². The quantitative estimate of drug-likeness (QED) is 0.852. The molecule has 0 aliphatic heterocycles. The molecule has 2 rings (SSSR count). The number of pyridine rings is 1. The Morgan fingerprint density at radius 3 is 2.59 bits per heavy atom. The van der Waals surface area contributed by atoms with Gasteiger partial charge in [-0.2, -0.15) is 0 Å². The van der Waals surface area contributed by atoms with Crippen molar-refractivity contribution < 1.29 is 9.50 Å². The molecule has 0 aliphatic rings. The SMILES string of the molecule is NC(Cc1ccc(O)cc1)c1ncccc1F. The van der Waals surface area contributed by atoms with E-state index in [0.29, 0.717) is 6.42 Å². The van der Waals surface area contributed by atoms with Crippen LogP contribution in [0.15, 0.2) is 42.6 Å². The highest BCUT2D eigenvalue weighted by atomic mass is 19.1. The van der Waals surface area contributed by atoms with Crippen molar-refractivity contribution in [2.24, 2.45) is 5.73 Å². The maximum absolute atomic E-state index is 13.4. The molecule has 0 amide bonds. The van der Waals surface area contributed by atoms with E-state index in [1.807, 2.05) is 0 Å². The molecule has 2 aromatic rings. The Kier molecular flexibility index (Phi) is 3.35. The minimum atomic E-state index is -0.485. The molecule has 1 heterocycles. The fraction of sp³-hybridized carbons (Fsp3) is 0.154. The number of hydrogen-bond acceptors (Lipinski definition) is 3. The second kappa shape index (κ2) is 4.93. The lowest BCUT2D eigenvalue weighted by Gasteiger charge is -2.11. The van der Waals surface area contributed by atoms with Crippen LogP contribution in [0.5, 0.6) is 5.75 Å². The molecule has 0 spiro atoms. The monoisotopic (exact) mass is 232 g/mol. The Morgan fingerprint density at radius 2 is 1.94 bits per heavy atom. The predicted molar refractivity (Wildman–Crippen MR) is 62.9 cm³/mol. The summed E-state index contributed by atoms with van der Waals surface area (Å²) >= 11 is 0. The molecule has 0 bridgehead atoms. The zero-order chi connectivity index (χ0) is 12.3. The fourth-order valence-corrected chi connectivity index (χ4v) is 1.65. The number of aromatic hydroxyl groups is 1. The summed E-state index contributed by atoms with van der Waals surface area (Å²) in [5.41, 5.74) is 7.10. The average Bonchev–Trinajstić information content (AvgIpc) is 2.32. The summed E-state index contributed by atoms with van der Waals surface area (Å²) in [6.07, 6.45) is 2.00. The van der Waals surface area contributed by atoms with Crippen LogP contribution >= 0.6 is 0 Å². The van der Waals surface area contributed by atoms with E-state index in [2.05, 4.69) is 4.98 Å². The summed E-state index contributed by atoms with van der Waals surface area (Å²) in [5.74, 6) is -0.190. The lowest BCUT2D eigenvalue weighted by Crippen LogP contribution is -2.16. The van der Waals surface area contributed by atoms with E-state index < -0.39 is 11.9 Å². The highest BCUT2D eigenvalue weighted by Crippen LogP contribution is 2.18. The van der Waals surface area contributed by atoms with Crippen molar-refractivity contribution in [1.82, 2.24) is 4.98 Å². The predicted octanol–water partition coefficient (Wildman–Crippen LogP) is 2.17. The molecule has 1 aromatic heterocycles. The molecule has 1 atom stereocenters. The third-order valence-electron chi connectivity index (χ3n) is 2.53. The van der Waals surface area contributed by atoms with E-state index in [9.17, 15) is 4.39 Å². The van der Waals surface area contributed by atoms with Crippen molar-refractivity contribution in [2.75, 3.05) is 0 Å². The molecule has 0 aliphatic carbocycles. The lowest BCUT2D eigenvalue weighted by atomic mass is 10.0. The molecule has 1 unspecified atom stereocenters. The topological polar surface area (TPSA) is 59.1 Å². The first-order valence-electron chi connectivity index (χ1n) is 5.30. The second-order valence-electron chi connectivity index (χ2n) is 3.85. The minimum absolute atomic E-state index is 0.200. The van der Waals surface area contributed by atoms with Crippen LogP contribution in [0.1, 0.15) is 17.3 Å². The van der Waals surface area contributed by atoms with Crippen molar-refractivity contribution in [1.29, 1.82) is 0 Å². The average molecular weight is 232 g/mol. The molecule has 0 fully saturated rings. The van der Waals surface area contributed by atoms with Gasteiger partial charge in [0.25, 0.3) is 0 Å². The van der Waals surface area contributed by atoms with Gasteiger partial charge < -0.3 is 10.8 Å². The van der Waals surface area contributed by atoms with Crippen LogP contribution in [-0.4, -0.2) is 10.1 Å². The maximum atomic E-state index is 13.4. The highest BCUT2D eigenvalue weighted by molar-refractivity contribution is 5.27. The number of phenols is 1. The summed E-state index contributed by atoms with van der Waals surface area (Å²) in [4.78, 5) is 3.94. The normalized spacial score (nSPS) is 12.4. The van der Waals surface area contributed by atoms with E-state index in [-0.39, 0.29) is 11.4 Å². The molecule has 3 N–H and O–H groups in total. The highest BCUT2D eigenvalue weighted by Gasteiger charge is 2.12. The van der Waals surface area contributed by atoms with Gasteiger partial charge in [-0.25, -0.2) is 4.39 Å². The third-order valence-corrected chi connectivity index (χ3v) is 2.53. The number of rotatable bonds is 3. The van der Waals surface area contributed by atoms with Crippen molar-refractivity contribution >= 4 is 0 Å². The second-order valence-corrected chi connectivity index (χ2v) is 3.85. The van der Waals surface area contributed by atoms with Crippen LogP contribution in [0.4, 0.5) is 4.39 Å². The number of benzene rings is 1. The number of aromatic nitrogens is 1. The minimum Gasteiger partial charge on any atom is -0.508 e. The van der Waals surface area contributed by atoms with Crippen LogP contribution in [0.3, 0.4) is 0 Å². The van der Waals surface area contributed by atoms with Gasteiger partial charge in [0.05, 0.1) is 11.7 Å². The zero-order valence-corrected chi connectivity index (χ0v) is 9.18. The van der Waals surface area contributed by atoms with E-state index in [1.54, 1.807) is 24.3 Å². The molecule has 1 aromatic carbocycles. The maximum Gasteiger partial charge on any atom is 0.146 e. The van der Waals surface area contributed by atoms with Gasteiger partial charge in [0, 0.05) is 6.20 Å². The fourth-order valence-electron chi connectivity index (χ4n) is 1.65. The molecule has 0 radical (unpaired) electrons. The van der Waals surface area contributed by atoms with Gasteiger partial charge in [0.15, 0.2) is 0 Å². The Morgan fingerprint density at radius 1 is 1.24 bits per heavy atom. The lowest BCUT2D eigenvalue weighted by molar-refractivity contribution is 0.475. The van der Waals surface area contributed by atoms with Crippen molar-refractivity contribution in [3.63, 3.8) is 0 Å². The molecule has 0 saturated carbocycles. The first-order chi connectivity index (χ1) is 8.16. The van der Waals surface area contributed by atoms with Gasteiger partial charge in [-0.1, -0.05) is 12.1 Å². The zero-order valence-electron chi connectivity index (χ0n) is 9.18. The molecular weight excluding hydrogens is 219 g/mol. The number of phenolic OH excluding ortho intramolecular Hbond substituents is 1. The first-order valence-corrected chi connectivity index (χ1v) is 5.30. The summed E-state index contributed by atoms with van der Waals surface area (Å²) in [6.45, 7) is 0. The summed E-state index contributed by atoms with van der Waals surface area (Å²) < 4.78 is 13.4. The van der Waals surface area contributed by atoms with Crippen LogP contribution in [-0.2, 0) is 6.42 Å². The number of hydrogen-bond donors (Lipinski definition) is 2. The van der Waals surface area contributed by atoms with E-state index in [4.69, 9.17) is 10.8 Å². The van der Waals surface area contributed by atoms with Crippen molar-refractivity contribution in [3.05, 3.63) is 59.7 Å². The largest absolute Gasteiger partial charge is 0.508 e. The van der Waals surface area contributed by atoms with Crippen LogP contribution in [0.25, 0.3) is 0 Å². The molecular formula is C13H13FN2O. The number of nitrogens with two attached hydrogens (primary N) is 1. The number of halogens is 1. The molecule has 0 saturated heterocycles. The molecule has 88 valence electrons. The smallest absolute Gasteiger partial charge is 0.146 e. The van der Waals surface area contributed by atoms with Gasteiger partial charge in [-0.05, 0) is 36.2 Å². The Balaban J connectivity index is 2.14. The summed E-state index contributed by atoms with van der Waals surface area (Å²) in [5, 5.41) is 9.15. The molecule has 4 heteroatoms. The van der Waals surface area contributed by atoms with Crippen LogP contribution in [0.2, 0.25) is 0 Å². The summed E-state index contributed by atoms with van der Waals surface area (Å²) in [7, 11) is 0. The van der Waals surface area contributed by atoms with Gasteiger partial charge in [-0.15, -0.1) is 0 Å². The van der Waals surface area contributed by atoms with Crippen LogP contribution < -0.4 is 5.73 Å². The van der Waals surface area contributed by atoms with Gasteiger partial charge >= 0.3 is 0 Å². The van der Waals surface area contributed by atoms with E-state index in [0.717, 1.165) is 5.56 Å². The Bertz CT molecular complexity index is 499. The van der Waals surface area contributed by atoms with Gasteiger partial charge in [0.2, 0.25) is 0 Å². The van der Waals surface area contributed by atoms with E-state index >= 15 is 0 Å². The van der Waals surface area contributed by atoms with Crippen molar-refractivity contribution in [2.45, 2.75) is 12.5 Å². The molecule has 17 heavy (non-hydrogen) atoms. The first kappa shape index (κ1) is 11.5. The van der Waals surface area contributed by atoms with Gasteiger partial charge in [-0.3, -0.25) is 4.98 Å². The standard InChI is InChI=1S/C13H13FN2O/c14-11-2-1-7-16-13(11)12(15)8-9-3-5-10(17)6-4-9/h1-7,12,17H,8,15H2. The third kappa shape index (κ3) is 2.79. The number of nitrogens with zero attached hydrogens (tertiary/aromatic N) is 1. The molecule has 3 nitrogen and oxygen atoms in total. The van der Waals surface area contributed by atoms with Crippen LogP contribution in [0, 0.1) is 5.82 Å². The van der Waals surface area contributed by atoms with Crippen molar-refractivity contribution in [3.8, 4) is 5.75 Å². The van der Waals surface area contributed by atoms with E-state index in [1.165, 1.54) is 18.3 Å². The summed E-state index contributed by atoms with van der Waals surface area (Å²) in [6, 6.07) is 9.07. The Hall–Kier alpha value is -1.94. The Labute approximate surface area is 98.7 Å².